The first kappa shape index (κ1) is 24.2. The molecule has 1 unspecified atom stereocenters. The molecule has 1 N–H and O–H groups in total. The number of nitriles is 1. The van der Waals surface area contributed by atoms with Gasteiger partial charge in [-0.05, 0) is 42.5 Å². The van der Waals surface area contributed by atoms with Crippen molar-refractivity contribution in [2.75, 3.05) is 0 Å². The number of hydrogen-bond acceptors (Lipinski definition) is 4. The predicted octanol–water partition coefficient (Wildman–Crippen LogP) is 5.15. The number of aromatic nitrogens is 2. The summed E-state index contributed by atoms with van der Waals surface area (Å²) in [5, 5.41) is 8.93. The zero-order chi connectivity index (χ0) is 24.8. The molecule has 0 bridgehead atoms. The van der Waals surface area contributed by atoms with Crippen molar-refractivity contribution >= 4 is 20.9 Å². The molecule has 0 saturated heterocycles. The number of nitrogens with zero attached hydrogens (tertiary/aromatic N) is 3. The molecule has 0 amide bonds. The second-order valence-corrected chi connectivity index (χ2v) is 11.8. The van der Waals surface area contributed by atoms with Crippen LogP contribution < -0.4 is 4.72 Å². The summed E-state index contributed by atoms with van der Waals surface area (Å²) in [5.74, 6) is -0.740. The maximum absolute atomic E-state index is 15.3. The van der Waals surface area contributed by atoms with E-state index in [4.69, 9.17) is 0 Å². The maximum atomic E-state index is 15.3. The second-order valence-electron chi connectivity index (χ2n) is 9.81. The third kappa shape index (κ3) is 4.81. The molecule has 1 fully saturated rings. The van der Waals surface area contributed by atoms with Crippen LogP contribution in [0.1, 0.15) is 50.8 Å². The van der Waals surface area contributed by atoms with E-state index in [0.717, 1.165) is 6.07 Å². The highest BCUT2D eigenvalue weighted by Crippen LogP contribution is 2.38. The summed E-state index contributed by atoms with van der Waals surface area (Å²) in [5.41, 5.74) is 0.593. The number of benzene rings is 1. The monoisotopic (exact) mass is 490 g/mol. The molecule has 0 radical (unpaired) electrons. The summed E-state index contributed by atoms with van der Waals surface area (Å²) >= 11 is 0. The second kappa shape index (κ2) is 8.71. The lowest BCUT2D eigenvalue weighted by Gasteiger charge is -2.20. The van der Waals surface area contributed by atoms with Crippen LogP contribution in [0.25, 0.3) is 22.2 Å². The molecular formula is C24H25F3N4O2S. The number of halogens is 3. The van der Waals surface area contributed by atoms with Crippen LogP contribution in [0, 0.1) is 22.6 Å². The Kier molecular flexibility index (Phi) is 6.21. The maximum Gasteiger partial charge on any atom is 0.258 e. The van der Waals surface area contributed by atoms with Crippen molar-refractivity contribution in [2.45, 2.75) is 57.9 Å². The third-order valence-corrected chi connectivity index (χ3v) is 7.60. The van der Waals surface area contributed by atoms with Gasteiger partial charge in [-0.25, -0.2) is 26.3 Å². The average molecular weight is 491 g/mol. The van der Waals surface area contributed by atoms with E-state index in [9.17, 15) is 22.5 Å². The van der Waals surface area contributed by atoms with E-state index in [0.29, 0.717) is 24.9 Å². The van der Waals surface area contributed by atoms with Crippen molar-refractivity contribution in [2.24, 2.45) is 5.41 Å². The van der Waals surface area contributed by atoms with Crippen molar-refractivity contribution in [3.05, 3.63) is 53.6 Å². The smallest absolute Gasteiger partial charge is 0.258 e. The Morgan fingerprint density at radius 1 is 1.29 bits per heavy atom. The molecule has 180 valence electrons. The molecule has 0 spiro atoms. The fourth-order valence-corrected chi connectivity index (χ4v) is 5.55. The SMILES string of the molecule is CC(C)(C)Cn1cc(C(NS(=O)(=O)C2CC2)C(F)F)c2cc(F)c(-c3ncccc3C#N)cc21. The Balaban J connectivity index is 1.93. The Hall–Kier alpha value is -2.90. The molecule has 1 atom stereocenters. The van der Waals surface area contributed by atoms with Crippen molar-refractivity contribution in [1.82, 2.24) is 14.3 Å². The first-order valence-corrected chi connectivity index (χ1v) is 12.4. The van der Waals surface area contributed by atoms with Gasteiger partial charge in [0.2, 0.25) is 10.0 Å². The van der Waals surface area contributed by atoms with Gasteiger partial charge >= 0.3 is 0 Å². The highest BCUT2D eigenvalue weighted by Gasteiger charge is 2.40. The number of pyridine rings is 1. The molecule has 2 heterocycles. The predicted molar refractivity (Wildman–Crippen MR) is 123 cm³/mol. The number of hydrogen-bond donors (Lipinski definition) is 1. The highest BCUT2D eigenvalue weighted by atomic mass is 32.2. The Morgan fingerprint density at radius 2 is 2.00 bits per heavy atom. The summed E-state index contributed by atoms with van der Waals surface area (Å²) in [6, 6.07) is 5.87. The summed E-state index contributed by atoms with van der Waals surface area (Å²) in [7, 11) is -3.92. The fourth-order valence-electron chi connectivity index (χ4n) is 4.02. The molecule has 0 aliphatic heterocycles. The van der Waals surface area contributed by atoms with Gasteiger partial charge in [0.25, 0.3) is 6.43 Å². The largest absolute Gasteiger partial charge is 0.347 e. The van der Waals surface area contributed by atoms with Gasteiger partial charge in [0.15, 0.2) is 0 Å². The van der Waals surface area contributed by atoms with Crippen LogP contribution in [-0.4, -0.2) is 29.6 Å². The molecule has 1 saturated carbocycles. The number of alkyl halides is 2. The first-order valence-electron chi connectivity index (χ1n) is 10.9. The Labute approximate surface area is 196 Å². The van der Waals surface area contributed by atoms with Crippen LogP contribution >= 0.6 is 0 Å². The molecule has 1 aromatic carbocycles. The lowest BCUT2D eigenvalue weighted by atomic mass is 9.96. The number of nitrogens with one attached hydrogen (secondary N) is 1. The Bertz CT molecular complexity index is 1380. The normalized spacial score (nSPS) is 15.6. The van der Waals surface area contributed by atoms with Gasteiger partial charge in [-0.3, -0.25) is 4.98 Å². The molecule has 6 nitrogen and oxygen atoms in total. The summed E-state index contributed by atoms with van der Waals surface area (Å²) in [6.07, 6.45) is 0.736. The Morgan fingerprint density at radius 3 is 2.59 bits per heavy atom. The standard InChI is InChI=1S/C24H25F3N4O2S/c1-24(2,3)13-31-12-18(22(23(26)27)30-34(32,33)15-6-7-15)16-9-19(25)17(10-20(16)31)21-14(11-28)5-4-8-29-21/h4-5,8-10,12,15,22-23,30H,6-7,13H2,1-3H3. The van der Waals surface area contributed by atoms with E-state index >= 15 is 4.39 Å². The van der Waals surface area contributed by atoms with Crippen molar-refractivity contribution < 1.29 is 21.6 Å². The molecule has 34 heavy (non-hydrogen) atoms. The summed E-state index contributed by atoms with van der Waals surface area (Å²) in [4.78, 5) is 4.15. The molecule has 1 aliphatic carbocycles. The molecule has 10 heteroatoms. The van der Waals surface area contributed by atoms with Gasteiger partial charge in [0.1, 0.15) is 17.9 Å². The highest BCUT2D eigenvalue weighted by molar-refractivity contribution is 7.90. The summed E-state index contributed by atoms with van der Waals surface area (Å²) in [6.45, 7) is 6.31. The third-order valence-electron chi connectivity index (χ3n) is 5.67. The lowest BCUT2D eigenvalue weighted by molar-refractivity contribution is 0.109. The molecular weight excluding hydrogens is 465 g/mol. The minimum absolute atomic E-state index is 0.00505. The van der Waals surface area contributed by atoms with Crippen molar-refractivity contribution in [3.63, 3.8) is 0 Å². The van der Waals surface area contributed by atoms with E-state index in [2.05, 4.69) is 9.71 Å². The van der Waals surface area contributed by atoms with Gasteiger partial charge in [-0.2, -0.15) is 5.26 Å². The zero-order valence-corrected chi connectivity index (χ0v) is 19.8. The van der Waals surface area contributed by atoms with Crippen molar-refractivity contribution in [1.29, 1.82) is 5.26 Å². The molecule has 4 rings (SSSR count). The molecule has 2 aromatic heterocycles. The van der Waals surface area contributed by atoms with Crippen LogP contribution in [-0.2, 0) is 16.6 Å². The summed E-state index contributed by atoms with van der Waals surface area (Å²) < 4.78 is 72.4. The quantitative estimate of drug-likeness (QED) is 0.496. The van der Waals surface area contributed by atoms with Crippen LogP contribution in [0.3, 0.4) is 0 Å². The molecule has 3 aromatic rings. The van der Waals surface area contributed by atoms with Crippen LogP contribution in [0.15, 0.2) is 36.7 Å². The number of fused-ring (bicyclic) bond motifs is 1. The minimum Gasteiger partial charge on any atom is -0.347 e. The van der Waals surface area contributed by atoms with E-state index in [-0.39, 0.29) is 33.2 Å². The first-order chi connectivity index (χ1) is 15.9. The topological polar surface area (TPSA) is 87.8 Å². The van der Waals surface area contributed by atoms with Gasteiger partial charge in [-0.15, -0.1) is 0 Å². The lowest BCUT2D eigenvalue weighted by Crippen LogP contribution is -2.35. The van der Waals surface area contributed by atoms with Crippen LogP contribution in [0.4, 0.5) is 13.2 Å². The fraction of sp³-hybridized carbons (Fsp3) is 0.417. The average Bonchev–Trinajstić information content (AvgIpc) is 3.56. The van der Waals surface area contributed by atoms with Crippen molar-refractivity contribution in [3.8, 4) is 17.3 Å². The van der Waals surface area contributed by atoms with E-state index in [1.165, 1.54) is 24.5 Å². The number of rotatable bonds is 7. The van der Waals surface area contributed by atoms with Gasteiger partial charge in [0, 0.05) is 41.0 Å². The number of sulfonamides is 1. The van der Waals surface area contributed by atoms with Gasteiger partial charge in [-0.1, -0.05) is 20.8 Å². The van der Waals surface area contributed by atoms with E-state index in [1.807, 2.05) is 26.8 Å². The van der Waals surface area contributed by atoms with E-state index < -0.39 is 33.6 Å². The van der Waals surface area contributed by atoms with Gasteiger partial charge in [0.05, 0.1) is 16.5 Å². The minimum atomic E-state index is -3.92. The van der Waals surface area contributed by atoms with Gasteiger partial charge < -0.3 is 4.57 Å². The zero-order valence-electron chi connectivity index (χ0n) is 19.0. The van der Waals surface area contributed by atoms with E-state index in [1.54, 1.807) is 10.6 Å². The van der Waals surface area contributed by atoms with Crippen LogP contribution in [0.2, 0.25) is 0 Å². The molecule has 1 aliphatic rings. The van der Waals surface area contributed by atoms with Crippen LogP contribution in [0.5, 0.6) is 0 Å².